The van der Waals surface area contributed by atoms with E-state index in [0.717, 1.165) is 12.2 Å². The molecule has 0 atom stereocenters. The highest BCUT2D eigenvalue weighted by molar-refractivity contribution is 5.78. The summed E-state index contributed by atoms with van der Waals surface area (Å²) in [5.74, 6) is 0.956. The van der Waals surface area contributed by atoms with Crippen molar-refractivity contribution in [1.82, 2.24) is 0 Å². The molecule has 15 heavy (non-hydrogen) atoms. The van der Waals surface area contributed by atoms with Gasteiger partial charge < -0.3 is 4.42 Å². The lowest BCUT2D eigenvalue weighted by Gasteiger charge is -2.04. The SMILES string of the molecule is CC1=Cc2c(cccc2-c2ccco2)C1. The molecule has 3 rings (SSSR count). The molecule has 0 fully saturated rings. The largest absolute Gasteiger partial charge is 0.464 e. The molecule has 0 aliphatic heterocycles. The molecule has 0 bridgehead atoms. The van der Waals surface area contributed by atoms with Crippen LogP contribution in [-0.2, 0) is 6.42 Å². The van der Waals surface area contributed by atoms with Crippen molar-refractivity contribution in [3.8, 4) is 11.3 Å². The van der Waals surface area contributed by atoms with Crippen LogP contribution in [0, 0.1) is 0 Å². The Morgan fingerprint density at radius 1 is 1.13 bits per heavy atom. The minimum Gasteiger partial charge on any atom is -0.464 e. The number of allylic oxidation sites excluding steroid dienone is 1. The lowest BCUT2D eigenvalue weighted by molar-refractivity contribution is 0.582. The predicted molar refractivity (Wildman–Crippen MR) is 61.5 cm³/mol. The summed E-state index contributed by atoms with van der Waals surface area (Å²) < 4.78 is 5.45. The first kappa shape index (κ1) is 8.54. The van der Waals surface area contributed by atoms with Crippen LogP contribution >= 0.6 is 0 Å². The second-order valence-corrected chi connectivity index (χ2v) is 4.02. The molecule has 0 spiro atoms. The molecule has 0 N–H and O–H groups in total. The van der Waals surface area contributed by atoms with Gasteiger partial charge in [-0.1, -0.05) is 29.8 Å². The molecule has 0 amide bonds. The van der Waals surface area contributed by atoms with E-state index in [1.54, 1.807) is 6.26 Å². The molecule has 1 heterocycles. The summed E-state index contributed by atoms with van der Waals surface area (Å²) in [7, 11) is 0. The first-order valence-corrected chi connectivity index (χ1v) is 5.17. The summed E-state index contributed by atoms with van der Waals surface area (Å²) in [5.41, 5.74) is 5.35. The van der Waals surface area contributed by atoms with Gasteiger partial charge in [0.2, 0.25) is 0 Å². The van der Waals surface area contributed by atoms with Gasteiger partial charge in [0, 0.05) is 5.56 Å². The molecule has 1 nitrogen and oxygen atoms in total. The second-order valence-electron chi connectivity index (χ2n) is 4.02. The number of furan rings is 1. The number of rotatable bonds is 1. The third kappa shape index (κ3) is 1.32. The molecule has 1 heteroatoms. The fourth-order valence-electron chi connectivity index (χ4n) is 2.18. The van der Waals surface area contributed by atoms with Gasteiger partial charge in [-0.05, 0) is 36.6 Å². The van der Waals surface area contributed by atoms with Crippen molar-refractivity contribution >= 4 is 6.08 Å². The average molecular weight is 196 g/mol. The number of benzene rings is 1. The van der Waals surface area contributed by atoms with E-state index >= 15 is 0 Å². The molecule has 0 saturated heterocycles. The molecule has 0 saturated carbocycles. The monoisotopic (exact) mass is 196 g/mol. The van der Waals surface area contributed by atoms with E-state index in [-0.39, 0.29) is 0 Å². The maximum absolute atomic E-state index is 5.45. The zero-order valence-corrected chi connectivity index (χ0v) is 8.66. The van der Waals surface area contributed by atoms with Gasteiger partial charge in [-0.3, -0.25) is 0 Å². The van der Waals surface area contributed by atoms with E-state index in [4.69, 9.17) is 4.42 Å². The topological polar surface area (TPSA) is 13.1 Å². The maximum Gasteiger partial charge on any atom is 0.134 e. The Hall–Kier alpha value is -1.76. The van der Waals surface area contributed by atoms with Crippen molar-refractivity contribution in [3.05, 3.63) is 53.3 Å². The van der Waals surface area contributed by atoms with Gasteiger partial charge in [-0.2, -0.15) is 0 Å². The van der Waals surface area contributed by atoms with Crippen LogP contribution < -0.4 is 0 Å². The van der Waals surface area contributed by atoms with Gasteiger partial charge in [0.05, 0.1) is 6.26 Å². The first-order chi connectivity index (χ1) is 7.34. The fraction of sp³-hybridized carbons (Fsp3) is 0.143. The Morgan fingerprint density at radius 3 is 2.87 bits per heavy atom. The Morgan fingerprint density at radius 2 is 2.07 bits per heavy atom. The van der Waals surface area contributed by atoms with E-state index < -0.39 is 0 Å². The van der Waals surface area contributed by atoms with Crippen LogP contribution in [-0.4, -0.2) is 0 Å². The molecule has 0 radical (unpaired) electrons. The average Bonchev–Trinajstić information content (AvgIpc) is 2.82. The smallest absolute Gasteiger partial charge is 0.134 e. The standard InChI is InChI=1S/C14H12O/c1-10-8-11-4-2-5-12(13(11)9-10)14-6-3-7-15-14/h2-7,9H,8H2,1H3. The zero-order valence-electron chi connectivity index (χ0n) is 8.66. The van der Waals surface area contributed by atoms with Crippen molar-refractivity contribution in [2.24, 2.45) is 0 Å². The van der Waals surface area contributed by atoms with Crippen molar-refractivity contribution < 1.29 is 4.42 Å². The van der Waals surface area contributed by atoms with Crippen LogP contribution in [0.4, 0.5) is 0 Å². The Balaban J connectivity index is 2.22. The fourth-order valence-corrected chi connectivity index (χ4v) is 2.18. The molecule has 74 valence electrons. The Bertz CT molecular complexity index is 518. The van der Waals surface area contributed by atoms with Crippen molar-refractivity contribution in [2.75, 3.05) is 0 Å². The summed E-state index contributed by atoms with van der Waals surface area (Å²) in [4.78, 5) is 0. The van der Waals surface area contributed by atoms with E-state index in [2.05, 4.69) is 31.2 Å². The highest BCUT2D eigenvalue weighted by atomic mass is 16.3. The van der Waals surface area contributed by atoms with Gasteiger partial charge in [0.25, 0.3) is 0 Å². The minimum absolute atomic E-state index is 0.956. The first-order valence-electron chi connectivity index (χ1n) is 5.17. The summed E-state index contributed by atoms with van der Waals surface area (Å²) in [6, 6.07) is 10.3. The van der Waals surface area contributed by atoms with Crippen molar-refractivity contribution in [2.45, 2.75) is 13.3 Å². The number of hydrogen-bond acceptors (Lipinski definition) is 1. The minimum atomic E-state index is 0.956. The van der Waals surface area contributed by atoms with Gasteiger partial charge in [-0.25, -0.2) is 0 Å². The molecular weight excluding hydrogens is 184 g/mol. The van der Waals surface area contributed by atoms with Crippen molar-refractivity contribution in [1.29, 1.82) is 0 Å². The Kier molecular flexibility index (Phi) is 1.78. The van der Waals surface area contributed by atoms with E-state index in [1.165, 1.54) is 22.3 Å². The molecular formula is C14H12O. The molecule has 1 aliphatic rings. The van der Waals surface area contributed by atoms with Crippen LogP contribution in [0.1, 0.15) is 18.1 Å². The van der Waals surface area contributed by atoms with Gasteiger partial charge in [-0.15, -0.1) is 0 Å². The van der Waals surface area contributed by atoms with Gasteiger partial charge >= 0.3 is 0 Å². The predicted octanol–water partition coefficient (Wildman–Crippen LogP) is 3.91. The third-order valence-electron chi connectivity index (χ3n) is 2.84. The van der Waals surface area contributed by atoms with Gasteiger partial charge in [0.15, 0.2) is 0 Å². The third-order valence-corrected chi connectivity index (χ3v) is 2.84. The molecule has 0 unspecified atom stereocenters. The highest BCUT2D eigenvalue weighted by Gasteiger charge is 2.14. The van der Waals surface area contributed by atoms with E-state index in [1.807, 2.05) is 12.1 Å². The highest BCUT2D eigenvalue weighted by Crippen LogP contribution is 2.33. The summed E-state index contributed by atoms with van der Waals surface area (Å²) in [6.07, 6.45) is 5.05. The number of fused-ring (bicyclic) bond motifs is 1. The van der Waals surface area contributed by atoms with E-state index in [9.17, 15) is 0 Å². The molecule has 1 aliphatic carbocycles. The summed E-state index contributed by atoms with van der Waals surface area (Å²) in [6.45, 7) is 2.17. The summed E-state index contributed by atoms with van der Waals surface area (Å²) >= 11 is 0. The van der Waals surface area contributed by atoms with Crippen LogP contribution in [0.15, 0.2) is 46.6 Å². The molecule has 1 aromatic heterocycles. The van der Waals surface area contributed by atoms with Crippen LogP contribution in [0.3, 0.4) is 0 Å². The van der Waals surface area contributed by atoms with Crippen molar-refractivity contribution in [3.63, 3.8) is 0 Å². The zero-order chi connectivity index (χ0) is 10.3. The normalized spacial score (nSPS) is 13.8. The molecule has 2 aromatic rings. The second kappa shape index (κ2) is 3.13. The molecule has 1 aromatic carbocycles. The van der Waals surface area contributed by atoms with E-state index in [0.29, 0.717) is 0 Å². The Labute approximate surface area is 89.0 Å². The lowest BCUT2D eigenvalue weighted by Crippen LogP contribution is -1.85. The maximum atomic E-state index is 5.45. The lowest BCUT2D eigenvalue weighted by atomic mass is 10.0. The van der Waals surface area contributed by atoms with Crippen LogP contribution in [0.2, 0.25) is 0 Å². The van der Waals surface area contributed by atoms with Gasteiger partial charge in [0.1, 0.15) is 5.76 Å². The van der Waals surface area contributed by atoms with Crippen LogP contribution in [0.25, 0.3) is 17.4 Å². The van der Waals surface area contributed by atoms with Crippen LogP contribution in [0.5, 0.6) is 0 Å². The summed E-state index contributed by atoms with van der Waals surface area (Å²) in [5, 5.41) is 0. The number of hydrogen-bond donors (Lipinski definition) is 0. The quantitative estimate of drug-likeness (QED) is 0.674.